The van der Waals surface area contributed by atoms with Crippen LogP contribution in [0.25, 0.3) is 0 Å². The number of hydrogen-bond acceptors (Lipinski definition) is 3. The highest BCUT2D eigenvalue weighted by molar-refractivity contribution is 5.94. The van der Waals surface area contributed by atoms with Gasteiger partial charge in [0.15, 0.2) is 0 Å². The van der Waals surface area contributed by atoms with E-state index in [0.29, 0.717) is 25.7 Å². The molecule has 124 valence electrons. The fourth-order valence-corrected chi connectivity index (χ4v) is 3.18. The molecule has 0 spiro atoms. The normalized spacial score (nSPS) is 18.7. The second-order valence-electron chi connectivity index (χ2n) is 6.35. The van der Waals surface area contributed by atoms with E-state index in [1.54, 1.807) is 0 Å². The Bertz CT molecular complexity index is 549. The van der Waals surface area contributed by atoms with Crippen molar-refractivity contribution < 1.29 is 9.59 Å². The predicted octanol–water partition coefficient (Wildman–Crippen LogP) is 1.46. The van der Waals surface area contributed by atoms with Gasteiger partial charge in [-0.05, 0) is 31.9 Å². The predicted molar refractivity (Wildman–Crippen MR) is 89.2 cm³/mol. The Kier molecular flexibility index (Phi) is 4.96. The van der Waals surface area contributed by atoms with Gasteiger partial charge < -0.3 is 9.80 Å². The van der Waals surface area contributed by atoms with Crippen LogP contribution in [0.3, 0.4) is 0 Å². The highest BCUT2D eigenvalue weighted by Gasteiger charge is 2.32. The molecule has 5 nitrogen and oxygen atoms in total. The summed E-state index contributed by atoms with van der Waals surface area (Å²) < 4.78 is 0. The summed E-state index contributed by atoms with van der Waals surface area (Å²) in [5.41, 5.74) is 0.739. The van der Waals surface area contributed by atoms with Gasteiger partial charge in [0.05, 0.1) is 6.54 Å². The van der Waals surface area contributed by atoms with E-state index in [-0.39, 0.29) is 11.8 Å². The average molecular weight is 315 g/mol. The summed E-state index contributed by atoms with van der Waals surface area (Å²) in [6.07, 6.45) is 2.30. The zero-order valence-corrected chi connectivity index (χ0v) is 13.8. The minimum Gasteiger partial charge on any atom is -0.339 e. The Morgan fingerprint density at radius 1 is 1.09 bits per heavy atom. The summed E-state index contributed by atoms with van der Waals surface area (Å²) in [5, 5.41) is 0. The molecule has 0 N–H and O–H groups in total. The number of benzene rings is 1. The van der Waals surface area contributed by atoms with E-state index in [4.69, 9.17) is 0 Å². The largest absolute Gasteiger partial charge is 0.339 e. The minimum absolute atomic E-state index is 0.0877. The standard InChI is InChI=1S/C18H25N3O2/c1-2-21(16-8-9-16)17(22)14-19-10-12-20(13-11-19)18(23)15-6-4-3-5-7-15/h3-7,16H,2,8-14H2,1H3. The first-order valence-electron chi connectivity index (χ1n) is 8.55. The molecule has 2 amide bonds. The van der Waals surface area contributed by atoms with Gasteiger partial charge in [-0.15, -0.1) is 0 Å². The second kappa shape index (κ2) is 7.13. The lowest BCUT2D eigenvalue weighted by Crippen LogP contribution is -2.51. The quantitative estimate of drug-likeness (QED) is 0.826. The van der Waals surface area contributed by atoms with Crippen molar-refractivity contribution in [3.63, 3.8) is 0 Å². The molecule has 2 fully saturated rings. The molecule has 1 aliphatic heterocycles. The summed E-state index contributed by atoms with van der Waals surface area (Å²) in [5.74, 6) is 0.322. The first kappa shape index (κ1) is 16.0. The molecule has 2 aliphatic rings. The summed E-state index contributed by atoms with van der Waals surface area (Å²) >= 11 is 0. The zero-order chi connectivity index (χ0) is 16.2. The lowest BCUT2D eigenvalue weighted by molar-refractivity contribution is -0.133. The van der Waals surface area contributed by atoms with Crippen molar-refractivity contribution in [3.05, 3.63) is 35.9 Å². The molecule has 1 heterocycles. The van der Waals surface area contributed by atoms with E-state index in [9.17, 15) is 9.59 Å². The average Bonchev–Trinajstić information content (AvgIpc) is 3.41. The van der Waals surface area contributed by atoms with Crippen LogP contribution in [0.5, 0.6) is 0 Å². The molecule has 0 atom stereocenters. The smallest absolute Gasteiger partial charge is 0.253 e. The molecule has 1 saturated heterocycles. The van der Waals surface area contributed by atoms with Gasteiger partial charge in [-0.25, -0.2) is 0 Å². The van der Waals surface area contributed by atoms with Crippen LogP contribution in [0, 0.1) is 0 Å². The molecule has 1 aromatic rings. The third-order valence-electron chi connectivity index (χ3n) is 4.69. The van der Waals surface area contributed by atoms with Crippen molar-refractivity contribution in [2.24, 2.45) is 0 Å². The van der Waals surface area contributed by atoms with E-state index >= 15 is 0 Å². The Balaban J connectivity index is 1.48. The molecule has 0 bridgehead atoms. The van der Waals surface area contributed by atoms with Crippen molar-refractivity contribution in [1.29, 1.82) is 0 Å². The van der Waals surface area contributed by atoms with Gasteiger partial charge >= 0.3 is 0 Å². The fraction of sp³-hybridized carbons (Fsp3) is 0.556. The Hall–Kier alpha value is -1.88. The molecule has 0 aromatic heterocycles. The third kappa shape index (κ3) is 3.91. The molecular formula is C18H25N3O2. The maximum atomic E-state index is 12.4. The summed E-state index contributed by atoms with van der Waals surface area (Å²) in [4.78, 5) is 30.8. The Morgan fingerprint density at radius 3 is 2.30 bits per heavy atom. The minimum atomic E-state index is 0.0877. The van der Waals surface area contributed by atoms with Gasteiger partial charge in [0.2, 0.25) is 5.91 Å². The maximum Gasteiger partial charge on any atom is 0.253 e. The van der Waals surface area contributed by atoms with E-state index in [1.165, 1.54) is 0 Å². The van der Waals surface area contributed by atoms with Gasteiger partial charge in [-0.2, -0.15) is 0 Å². The van der Waals surface area contributed by atoms with Crippen LogP contribution < -0.4 is 0 Å². The molecule has 5 heteroatoms. The molecule has 0 radical (unpaired) electrons. The number of carbonyl (C=O) groups excluding carboxylic acids is 2. The van der Waals surface area contributed by atoms with Gasteiger partial charge in [-0.3, -0.25) is 14.5 Å². The van der Waals surface area contributed by atoms with Crippen LogP contribution in [-0.4, -0.2) is 71.8 Å². The number of rotatable bonds is 5. The number of amides is 2. The lowest BCUT2D eigenvalue weighted by Gasteiger charge is -2.35. The van der Waals surface area contributed by atoms with E-state index in [2.05, 4.69) is 4.90 Å². The monoisotopic (exact) mass is 315 g/mol. The molecule has 3 rings (SSSR count). The van der Waals surface area contributed by atoms with Crippen LogP contribution in [0.2, 0.25) is 0 Å². The van der Waals surface area contributed by atoms with Crippen LogP contribution >= 0.6 is 0 Å². The van der Waals surface area contributed by atoms with Crippen molar-refractivity contribution in [2.75, 3.05) is 39.3 Å². The molecule has 0 unspecified atom stereocenters. The molecule has 23 heavy (non-hydrogen) atoms. The number of likely N-dealkylation sites (N-methyl/N-ethyl adjacent to an activating group) is 1. The van der Waals surface area contributed by atoms with Gasteiger partial charge in [0.25, 0.3) is 5.91 Å². The molecule has 1 saturated carbocycles. The van der Waals surface area contributed by atoms with Crippen LogP contribution in [0.4, 0.5) is 0 Å². The molecule has 1 aliphatic carbocycles. The highest BCUT2D eigenvalue weighted by Crippen LogP contribution is 2.26. The van der Waals surface area contributed by atoms with Crippen LogP contribution in [0.15, 0.2) is 30.3 Å². The van der Waals surface area contributed by atoms with Crippen molar-refractivity contribution in [3.8, 4) is 0 Å². The van der Waals surface area contributed by atoms with Crippen LogP contribution in [0.1, 0.15) is 30.1 Å². The first-order valence-corrected chi connectivity index (χ1v) is 8.55. The zero-order valence-electron chi connectivity index (χ0n) is 13.8. The van der Waals surface area contributed by atoms with Crippen molar-refractivity contribution in [1.82, 2.24) is 14.7 Å². The molecular weight excluding hydrogens is 290 g/mol. The van der Waals surface area contributed by atoms with E-state index in [1.807, 2.05) is 47.1 Å². The Morgan fingerprint density at radius 2 is 1.74 bits per heavy atom. The topological polar surface area (TPSA) is 43.9 Å². The van der Waals surface area contributed by atoms with Gasteiger partial charge in [-0.1, -0.05) is 18.2 Å². The fourth-order valence-electron chi connectivity index (χ4n) is 3.18. The first-order chi connectivity index (χ1) is 11.2. The summed E-state index contributed by atoms with van der Waals surface area (Å²) in [6, 6.07) is 9.88. The van der Waals surface area contributed by atoms with E-state index < -0.39 is 0 Å². The summed E-state index contributed by atoms with van der Waals surface area (Å²) in [6.45, 7) is 6.26. The number of piperazine rings is 1. The lowest BCUT2D eigenvalue weighted by atomic mass is 10.2. The number of carbonyl (C=O) groups is 2. The van der Waals surface area contributed by atoms with Crippen LogP contribution in [-0.2, 0) is 4.79 Å². The maximum absolute atomic E-state index is 12.4. The van der Waals surface area contributed by atoms with Crippen molar-refractivity contribution >= 4 is 11.8 Å². The van der Waals surface area contributed by atoms with Crippen molar-refractivity contribution in [2.45, 2.75) is 25.8 Å². The Labute approximate surface area is 137 Å². The van der Waals surface area contributed by atoms with Gasteiger partial charge in [0, 0.05) is 44.3 Å². The number of hydrogen-bond donors (Lipinski definition) is 0. The SMILES string of the molecule is CCN(C(=O)CN1CCN(C(=O)c2ccccc2)CC1)C1CC1. The second-order valence-corrected chi connectivity index (χ2v) is 6.35. The highest BCUT2D eigenvalue weighted by atomic mass is 16.2. The third-order valence-corrected chi connectivity index (χ3v) is 4.69. The number of nitrogens with zero attached hydrogens (tertiary/aromatic N) is 3. The van der Waals surface area contributed by atoms with Gasteiger partial charge in [0.1, 0.15) is 0 Å². The summed E-state index contributed by atoms with van der Waals surface area (Å²) in [7, 11) is 0. The molecule has 1 aromatic carbocycles. The van der Waals surface area contributed by atoms with E-state index in [0.717, 1.165) is 38.0 Å².